The Hall–Kier alpha value is -1.72. The molecule has 1 atom stereocenters. The van der Waals surface area contributed by atoms with Crippen molar-refractivity contribution in [2.24, 2.45) is 5.92 Å². The highest BCUT2D eigenvalue weighted by molar-refractivity contribution is 5.99. The number of carbonyl (C=O) groups is 1. The molecular weight excluding hydrogens is 269 g/mol. The fourth-order valence-electron chi connectivity index (χ4n) is 2.19. The number of nitrogens with zero attached hydrogens (tertiary/aromatic N) is 1. The molecule has 3 nitrogen and oxygen atoms in total. The molecule has 1 unspecified atom stereocenters. The van der Waals surface area contributed by atoms with Crippen LogP contribution >= 0.6 is 0 Å². The van der Waals surface area contributed by atoms with Crippen molar-refractivity contribution in [1.82, 2.24) is 4.90 Å². The largest absolute Gasteiger partial charge is 0.416 e. The molecule has 0 bridgehead atoms. The lowest BCUT2D eigenvalue weighted by Gasteiger charge is -2.25. The SMILES string of the molecule is CC(C1CC1)N(C)C(=O)c1cc(C(F)(F)F)ccc1N. The summed E-state index contributed by atoms with van der Waals surface area (Å²) in [6.45, 7) is 1.90. The van der Waals surface area contributed by atoms with Gasteiger partial charge in [-0.25, -0.2) is 0 Å². The summed E-state index contributed by atoms with van der Waals surface area (Å²) in [4.78, 5) is 13.8. The second-order valence-electron chi connectivity index (χ2n) is 5.29. The van der Waals surface area contributed by atoms with Crippen LogP contribution in [0.2, 0.25) is 0 Å². The fraction of sp³-hybridized carbons (Fsp3) is 0.500. The van der Waals surface area contributed by atoms with E-state index in [2.05, 4.69) is 0 Å². The lowest BCUT2D eigenvalue weighted by Crippen LogP contribution is -2.36. The van der Waals surface area contributed by atoms with Crippen molar-refractivity contribution in [2.75, 3.05) is 12.8 Å². The van der Waals surface area contributed by atoms with Crippen molar-refractivity contribution in [3.05, 3.63) is 29.3 Å². The molecule has 0 spiro atoms. The van der Waals surface area contributed by atoms with Crippen molar-refractivity contribution in [1.29, 1.82) is 0 Å². The molecule has 1 aromatic carbocycles. The number of hydrogen-bond donors (Lipinski definition) is 1. The molecule has 0 aromatic heterocycles. The zero-order valence-electron chi connectivity index (χ0n) is 11.4. The molecule has 2 rings (SSSR count). The molecule has 1 aliphatic rings. The maximum atomic E-state index is 12.7. The summed E-state index contributed by atoms with van der Waals surface area (Å²) in [6.07, 6.45) is -2.38. The van der Waals surface area contributed by atoms with Crippen molar-refractivity contribution in [3.63, 3.8) is 0 Å². The van der Waals surface area contributed by atoms with Crippen LogP contribution in [0.15, 0.2) is 18.2 Å². The lowest BCUT2D eigenvalue weighted by atomic mass is 10.1. The minimum atomic E-state index is -4.48. The van der Waals surface area contributed by atoms with E-state index in [1.165, 1.54) is 4.90 Å². The maximum absolute atomic E-state index is 12.7. The number of hydrogen-bond acceptors (Lipinski definition) is 2. The third-order valence-electron chi connectivity index (χ3n) is 3.85. The van der Waals surface area contributed by atoms with Crippen LogP contribution in [0.3, 0.4) is 0 Å². The molecule has 0 saturated heterocycles. The highest BCUT2D eigenvalue weighted by Gasteiger charge is 2.35. The predicted octanol–water partition coefficient (Wildman–Crippen LogP) is 3.16. The molecule has 110 valence electrons. The Morgan fingerprint density at radius 1 is 1.40 bits per heavy atom. The smallest absolute Gasteiger partial charge is 0.398 e. The van der Waals surface area contributed by atoms with Crippen LogP contribution in [0.1, 0.15) is 35.7 Å². The Balaban J connectivity index is 2.28. The molecule has 1 amide bonds. The summed E-state index contributed by atoms with van der Waals surface area (Å²) in [5.74, 6) is -0.0241. The van der Waals surface area contributed by atoms with Gasteiger partial charge in [0.25, 0.3) is 5.91 Å². The first-order valence-electron chi connectivity index (χ1n) is 6.45. The van der Waals surface area contributed by atoms with E-state index in [-0.39, 0.29) is 17.3 Å². The second-order valence-corrected chi connectivity index (χ2v) is 5.29. The number of amides is 1. The highest BCUT2D eigenvalue weighted by atomic mass is 19.4. The van der Waals surface area contributed by atoms with E-state index in [0.717, 1.165) is 31.0 Å². The van der Waals surface area contributed by atoms with Gasteiger partial charge in [-0.3, -0.25) is 4.79 Å². The molecule has 2 N–H and O–H groups in total. The van der Waals surface area contributed by atoms with E-state index in [1.807, 2.05) is 6.92 Å². The van der Waals surface area contributed by atoms with E-state index < -0.39 is 17.6 Å². The molecule has 0 aliphatic heterocycles. The number of rotatable bonds is 3. The first kappa shape index (κ1) is 14.7. The number of halogens is 3. The predicted molar refractivity (Wildman–Crippen MR) is 70.1 cm³/mol. The lowest BCUT2D eigenvalue weighted by molar-refractivity contribution is -0.137. The van der Waals surface area contributed by atoms with Gasteiger partial charge in [-0.1, -0.05) is 0 Å². The summed E-state index contributed by atoms with van der Waals surface area (Å²) in [5, 5.41) is 0. The quantitative estimate of drug-likeness (QED) is 0.868. The van der Waals surface area contributed by atoms with Crippen LogP contribution in [-0.4, -0.2) is 23.9 Å². The number of benzene rings is 1. The number of anilines is 1. The van der Waals surface area contributed by atoms with E-state index in [4.69, 9.17) is 5.73 Å². The fourth-order valence-corrected chi connectivity index (χ4v) is 2.19. The number of alkyl halides is 3. The topological polar surface area (TPSA) is 46.3 Å². The molecule has 1 saturated carbocycles. The Morgan fingerprint density at radius 2 is 2.00 bits per heavy atom. The van der Waals surface area contributed by atoms with Gasteiger partial charge in [-0.05, 0) is 43.9 Å². The van der Waals surface area contributed by atoms with Crippen molar-refractivity contribution in [2.45, 2.75) is 32.0 Å². The van der Waals surface area contributed by atoms with E-state index in [0.29, 0.717) is 5.92 Å². The summed E-state index contributed by atoms with van der Waals surface area (Å²) >= 11 is 0. The molecule has 20 heavy (non-hydrogen) atoms. The average Bonchev–Trinajstić information content (AvgIpc) is 3.19. The summed E-state index contributed by atoms with van der Waals surface area (Å²) in [5.41, 5.74) is 4.77. The highest BCUT2D eigenvalue weighted by Crippen LogP contribution is 2.36. The van der Waals surface area contributed by atoms with Gasteiger partial charge in [-0.2, -0.15) is 13.2 Å². The van der Waals surface area contributed by atoms with E-state index >= 15 is 0 Å². The number of nitrogen functional groups attached to an aromatic ring is 1. The third-order valence-corrected chi connectivity index (χ3v) is 3.85. The minimum absolute atomic E-state index is 0.0106. The van der Waals surface area contributed by atoms with Crippen molar-refractivity contribution >= 4 is 11.6 Å². The van der Waals surface area contributed by atoms with E-state index in [1.54, 1.807) is 7.05 Å². The molecule has 0 heterocycles. The molecule has 1 aromatic rings. The van der Waals surface area contributed by atoms with Gasteiger partial charge < -0.3 is 10.6 Å². The van der Waals surface area contributed by atoms with E-state index in [9.17, 15) is 18.0 Å². The number of carbonyl (C=O) groups excluding carboxylic acids is 1. The monoisotopic (exact) mass is 286 g/mol. The standard InChI is InChI=1S/C14H17F3N2O/c1-8(9-3-4-9)19(2)13(20)11-7-10(14(15,16)17)5-6-12(11)18/h5-9H,3-4,18H2,1-2H3. The minimum Gasteiger partial charge on any atom is -0.398 e. The Labute approximate surface area is 115 Å². The third kappa shape index (κ3) is 2.89. The summed E-state index contributed by atoms with van der Waals surface area (Å²) < 4.78 is 38.1. The van der Waals surface area contributed by atoms with Gasteiger partial charge in [0.05, 0.1) is 11.1 Å². The average molecular weight is 286 g/mol. The summed E-state index contributed by atoms with van der Waals surface area (Å²) in [7, 11) is 1.60. The first-order chi connectivity index (χ1) is 9.21. The van der Waals surface area contributed by atoms with Gasteiger partial charge in [-0.15, -0.1) is 0 Å². The normalized spacial score (nSPS) is 16.9. The van der Waals surface area contributed by atoms with Crippen LogP contribution in [-0.2, 0) is 6.18 Å². The van der Waals surface area contributed by atoms with Crippen molar-refractivity contribution in [3.8, 4) is 0 Å². The van der Waals surface area contributed by atoms with Crippen LogP contribution in [0.4, 0.5) is 18.9 Å². The first-order valence-corrected chi connectivity index (χ1v) is 6.45. The molecule has 1 aliphatic carbocycles. The van der Waals surface area contributed by atoms with Gasteiger partial charge in [0.15, 0.2) is 0 Å². The van der Waals surface area contributed by atoms with Crippen molar-refractivity contribution < 1.29 is 18.0 Å². The molecule has 0 radical (unpaired) electrons. The summed E-state index contributed by atoms with van der Waals surface area (Å²) in [6, 6.07) is 2.85. The molecular formula is C14H17F3N2O. The van der Waals surface area contributed by atoms with Crippen LogP contribution in [0.5, 0.6) is 0 Å². The van der Waals surface area contributed by atoms with Crippen LogP contribution < -0.4 is 5.73 Å². The van der Waals surface area contributed by atoms with Gasteiger partial charge in [0.2, 0.25) is 0 Å². The number of nitrogens with two attached hydrogens (primary N) is 1. The molecule has 1 fully saturated rings. The Bertz CT molecular complexity index is 524. The van der Waals surface area contributed by atoms with Gasteiger partial charge in [0.1, 0.15) is 0 Å². The second kappa shape index (κ2) is 5.00. The Morgan fingerprint density at radius 3 is 2.50 bits per heavy atom. The van der Waals surface area contributed by atoms with Crippen LogP contribution in [0, 0.1) is 5.92 Å². The maximum Gasteiger partial charge on any atom is 0.416 e. The zero-order valence-corrected chi connectivity index (χ0v) is 11.4. The zero-order chi connectivity index (χ0) is 15.1. The van der Waals surface area contributed by atoms with Crippen LogP contribution in [0.25, 0.3) is 0 Å². The van der Waals surface area contributed by atoms with Gasteiger partial charge in [0, 0.05) is 18.8 Å². The Kier molecular flexibility index (Phi) is 3.67. The van der Waals surface area contributed by atoms with Gasteiger partial charge >= 0.3 is 6.18 Å². The molecule has 6 heteroatoms.